The summed E-state index contributed by atoms with van der Waals surface area (Å²) in [5.74, 6) is -2.24. The summed E-state index contributed by atoms with van der Waals surface area (Å²) in [6.07, 6.45) is -0.630. The van der Waals surface area contributed by atoms with Crippen molar-refractivity contribution < 1.29 is 29.1 Å². The largest absolute Gasteiger partial charge is 0.465 e. The molecule has 5 rings (SSSR count). The molecule has 1 aromatic carbocycles. The molecule has 0 bridgehead atoms. The molecule has 40 heavy (non-hydrogen) atoms. The van der Waals surface area contributed by atoms with Crippen LogP contribution in [0.1, 0.15) is 50.3 Å². The average Bonchev–Trinajstić information content (AvgIpc) is 3.41. The molecule has 3 heterocycles. The van der Waals surface area contributed by atoms with Gasteiger partial charge in [-0.05, 0) is 48.1 Å². The molecule has 1 aromatic heterocycles. The summed E-state index contributed by atoms with van der Waals surface area (Å²) in [7, 11) is 0. The second-order valence-corrected chi connectivity index (χ2v) is 13.0. The number of likely N-dealkylation sites (tertiary alicyclic amines) is 1. The molecule has 11 nitrogen and oxygen atoms in total. The smallest absolute Gasteiger partial charge is 0.405 e. The third-order valence-electron chi connectivity index (χ3n) is 8.79. The molecule has 214 valence electrons. The fourth-order valence-corrected chi connectivity index (χ4v) is 7.37. The number of carbonyl (C=O) groups is 5. The molecule has 12 heteroatoms. The lowest BCUT2D eigenvalue weighted by Crippen LogP contribution is -2.58. The Labute approximate surface area is 236 Å². The monoisotopic (exact) mass is 569 g/mol. The summed E-state index contributed by atoms with van der Waals surface area (Å²) in [6, 6.07) is 4.52. The van der Waals surface area contributed by atoms with Crippen LogP contribution in [0.2, 0.25) is 0 Å². The number of piperidine rings is 1. The number of Topliss-reactive ketones (excluding diaryl/α,β-unsaturated/α-hetero) is 1. The van der Waals surface area contributed by atoms with E-state index in [1.165, 1.54) is 16.2 Å². The number of nitrogens with zero attached hydrogens (tertiary/aromatic N) is 2. The number of rotatable bonds is 9. The molecule has 3 fully saturated rings. The van der Waals surface area contributed by atoms with Crippen LogP contribution in [0.4, 0.5) is 4.79 Å². The summed E-state index contributed by atoms with van der Waals surface area (Å²) < 4.78 is 0.843. The topological polar surface area (TPSA) is 158 Å². The van der Waals surface area contributed by atoms with Gasteiger partial charge in [-0.1, -0.05) is 39.8 Å². The number of fused-ring (bicyclic) bond motifs is 2. The van der Waals surface area contributed by atoms with Crippen LogP contribution in [-0.4, -0.2) is 75.8 Å². The van der Waals surface area contributed by atoms with Crippen LogP contribution in [0.15, 0.2) is 24.3 Å². The highest BCUT2D eigenvalue weighted by Crippen LogP contribution is 2.65. The van der Waals surface area contributed by atoms with E-state index in [1.54, 1.807) is 13.8 Å². The number of carboxylic acid groups (broad SMARTS) is 1. The van der Waals surface area contributed by atoms with Gasteiger partial charge in [0.15, 0.2) is 5.01 Å². The van der Waals surface area contributed by atoms with Crippen molar-refractivity contribution in [3.63, 3.8) is 0 Å². The zero-order valence-corrected chi connectivity index (χ0v) is 23.8. The van der Waals surface area contributed by atoms with E-state index in [1.807, 2.05) is 38.1 Å². The van der Waals surface area contributed by atoms with Crippen molar-refractivity contribution >= 4 is 51.2 Å². The predicted octanol–water partition coefficient (Wildman–Crippen LogP) is 2.27. The van der Waals surface area contributed by atoms with Gasteiger partial charge in [-0.15, -0.1) is 11.3 Å². The molecular formula is C28H35N5O6S. The van der Waals surface area contributed by atoms with E-state index < -0.39 is 42.0 Å². The second kappa shape index (κ2) is 10.5. The maximum Gasteiger partial charge on any atom is 0.405 e. The van der Waals surface area contributed by atoms with Gasteiger partial charge in [0.05, 0.1) is 16.3 Å². The highest BCUT2D eigenvalue weighted by Gasteiger charge is 2.69. The quantitative estimate of drug-likeness (QED) is 0.337. The van der Waals surface area contributed by atoms with Gasteiger partial charge in [0.25, 0.3) is 0 Å². The van der Waals surface area contributed by atoms with Crippen molar-refractivity contribution in [2.75, 3.05) is 13.1 Å². The molecule has 2 saturated heterocycles. The third-order valence-corrected chi connectivity index (χ3v) is 9.84. The molecule has 4 N–H and O–H groups in total. The predicted molar refractivity (Wildman–Crippen MR) is 148 cm³/mol. The molecule has 4 amide bonds. The summed E-state index contributed by atoms with van der Waals surface area (Å²) in [4.78, 5) is 71.0. The number of nitrogens with one attached hydrogen (secondary N) is 3. The number of aromatic nitrogens is 1. The van der Waals surface area contributed by atoms with Crippen molar-refractivity contribution in [1.29, 1.82) is 0 Å². The van der Waals surface area contributed by atoms with Crippen molar-refractivity contribution in [2.24, 2.45) is 29.1 Å². The number of hydrogen-bond donors (Lipinski definition) is 4. The van der Waals surface area contributed by atoms with Gasteiger partial charge in [0, 0.05) is 19.0 Å². The van der Waals surface area contributed by atoms with E-state index in [-0.39, 0.29) is 46.3 Å². The van der Waals surface area contributed by atoms with Crippen LogP contribution >= 0.6 is 11.3 Å². The van der Waals surface area contributed by atoms with E-state index in [2.05, 4.69) is 20.9 Å². The molecule has 6 atom stereocenters. The second-order valence-electron chi connectivity index (χ2n) is 12.0. The molecule has 3 aliphatic rings. The van der Waals surface area contributed by atoms with Crippen molar-refractivity contribution in [1.82, 2.24) is 25.8 Å². The van der Waals surface area contributed by atoms with E-state index in [9.17, 15) is 29.1 Å². The van der Waals surface area contributed by atoms with Gasteiger partial charge in [-0.3, -0.25) is 19.2 Å². The minimum absolute atomic E-state index is 0.0869. The van der Waals surface area contributed by atoms with Crippen molar-refractivity contribution in [3.05, 3.63) is 29.3 Å². The molecule has 1 saturated carbocycles. The van der Waals surface area contributed by atoms with Crippen LogP contribution in [0.25, 0.3) is 10.2 Å². The zero-order chi connectivity index (χ0) is 28.9. The Morgan fingerprint density at radius 2 is 1.93 bits per heavy atom. The number of para-hydroxylation sites is 1. The number of thiazole rings is 1. The minimum atomic E-state index is -1.31. The Morgan fingerprint density at radius 1 is 1.20 bits per heavy atom. The van der Waals surface area contributed by atoms with E-state index >= 15 is 0 Å². The van der Waals surface area contributed by atoms with Crippen molar-refractivity contribution in [3.8, 4) is 0 Å². The summed E-state index contributed by atoms with van der Waals surface area (Å²) in [5.41, 5.74) is 0.504. The SMILES string of the molecule is CC(C)[C@H](NC(=O)O)C(=O)N1C[C@H]2[C@@H]([C@H]1C(=O)N[C@@H](C[C@@H]1CCNC1=O)C(=O)c1nc3ccccc3s1)C2(C)C. The van der Waals surface area contributed by atoms with E-state index in [0.29, 0.717) is 25.0 Å². The summed E-state index contributed by atoms with van der Waals surface area (Å²) >= 11 is 1.24. The Balaban J connectivity index is 1.42. The maximum absolute atomic E-state index is 14.0. The van der Waals surface area contributed by atoms with E-state index in [0.717, 1.165) is 4.70 Å². The third kappa shape index (κ3) is 5.04. The maximum atomic E-state index is 14.0. The van der Waals surface area contributed by atoms with Gasteiger partial charge in [0.1, 0.15) is 12.1 Å². The number of amides is 4. The number of ketones is 1. The first-order valence-corrected chi connectivity index (χ1v) is 14.5. The Kier molecular flexibility index (Phi) is 7.32. The normalized spacial score (nSPS) is 26.2. The van der Waals surface area contributed by atoms with Crippen LogP contribution in [-0.2, 0) is 14.4 Å². The first kappa shape index (κ1) is 28.0. The fourth-order valence-electron chi connectivity index (χ4n) is 6.41. The first-order valence-electron chi connectivity index (χ1n) is 13.7. The Bertz CT molecular complexity index is 1340. The van der Waals surface area contributed by atoms with Gasteiger partial charge < -0.3 is 26.0 Å². The highest BCUT2D eigenvalue weighted by molar-refractivity contribution is 7.20. The highest BCUT2D eigenvalue weighted by atomic mass is 32.1. The van der Waals surface area contributed by atoms with Gasteiger partial charge in [-0.25, -0.2) is 9.78 Å². The molecule has 0 radical (unpaired) electrons. The van der Waals surface area contributed by atoms with Gasteiger partial charge >= 0.3 is 6.09 Å². The fraction of sp³-hybridized carbons (Fsp3) is 0.571. The molecule has 1 aliphatic carbocycles. The van der Waals surface area contributed by atoms with Gasteiger partial charge in [0.2, 0.25) is 23.5 Å². The zero-order valence-electron chi connectivity index (χ0n) is 23.0. The lowest BCUT2D eigenvalue weighted by molar-refractivity contribution is -0.142. The number of hydrogen-bond acceptors (Lipinski definition) is 7. The Hall–Kier alpha value is -3.54. The van der Waals surface area contributed by atoms with E-state index in [4.69, 9.17) is 0 Å². The van der Waals surface area contributed by atoms with Crippen LogP contribution in [0.3, 0.4) is 0 Å². The van der Waals surface area contributed by atoms with Crippen LogP contribution in [0, 0.1) is 29.1 Å². The summed E-state index contributed by atoms with van der Waals surface area (Å²) in [5, 5.41) is 17.5. The molecule has 2 aromatic rings. The molecule has 2 aliphatic heterocycles. The lowest BCUT2D eigenvalue weighted by atomic mass is 9.94. The first-order chi connectivity index (χ1) is 18.9. The number of benzene rings is 1. The Morgan fingerprint density at radius 3 is 2.55 bits per heavy atom. The molecule has 0 spiro atoms. The summed E-state index contributed by atoms with van der Waals surface area (Å²) in [6.45, 7) is 8.43. The number of carbonyl (C=O) groups excluding carboxylic acids is 4. The molecule has 0 unspecified atom stereocenters. The molecular weight excluding hydrogens is 534 g/mol. The lowest BCUT2D eigenvalue weighted by Gasteiger charge is -2.34. The van der Waals surface area contributed by atoms with Crippen molar-refractivity contribution in [2.45, 2.75) is 58.7 Å². The minimum Gasteiger partial charge on any atom is -0.465 e. The average molecular weight is 570 g/mol. The standard InChI is InChI=1S/C28H35N5O6S/c1-13(2)20(32-27(38)39)26(37)33-12-15-19(28(15,3)4)21(33)24(36)30-17(11-14-9-10-29-23(14)35)22(34)25-31-16-7-5-6-8-18(16)40-25/h5-8,13-15,17,19-21,32H,9-12H2,1-4H3,(H,29,35)(H,30,36)(H,38,39)/t14-,15-,17-,19-,20-,21-/m0/s1. The van der Waals surface area contributed by atoms with Gasteiger partial charge in [-0.2, -0.15) is 0 Å². The van der Waals surface area contributed by atoms with Crippen LogP contribution in [0.5, 0.6) is 0 Å². The van der Waals surface area contributed by atoms with Crippen LogP contribution < -0.4 is 16.0 Å².